The van der Waals surface area contributed by atoms with Crippen LogP contribution >= 0.6 is 0 Å². The van der Waals surface area contributed by atoms with Crippen LogP contribution in [0.15, 0.2) is 18.3 Å². The predicted molar refractivity (Wildman–Crippen MR) is 45.6 cm³/mol. The van der Waals surface area contributed by atoms with Crippen LogP contribution in [-0.4, -0.2) is 11.2 Å². The van der Waals surface area contributed by atoms with Gasteiger partial charge in [-0.15, -0.1) is 0 Å². The van der Waals surface area contributed by atoms with Gasteiger partial charge in [0.15, 0.2) is 0 Å². The second kappa shape index (κ2) is 3.92. The molecule has 66 valence electrons. The normalized spacial score (nSPS) is 9.83. The van der Waals surface area contributed by atoms with E-state index in [-0.39, 0.29) is 0 Å². The molecule has 0 aliphatic heterocycles. The summed E-state index contributed by atoms with van der Waals surface area (Å²) in [6.45, 7) is 2.85. The third-order valence-electron chi connectivity index (χ3n) is 1.51. The van der Waals surface area contributed by atoms with Gasteiger partial charge in [0, 0.05) is 12.3 Å². The number of aromatic nitrogens is 1. The lowest BCUT2D eigenvalue weighted by Crippen LogP contribution is -2.22. The highest BCUT2D eigenvalue weighted by Gasteiger charge is 1.93. The Hall–Kier alpha value is -1.29. The fourth-order valence-electron chi connectivity index (χ4n) is 0.925. The van der Waals surface area contributed by atoms with Crippen LogP contribution < -0.4 is 16.0 Å². The molecule has 0 aromatic carbocycles. The van der Waals surface area contributed by atoms with Crippen molar-refractivity contribution in [1.29, 1.82) is 5.41 Å². The lowest BCUT2D eigenvalue weighted by atomic mass is 10.4. The molecule has 0 atom stereocenters. The van der Waals surface area contributed by atoms with Crippen molar-refractivity contribution in [1.82, 2.24) is 4.57 Å². The largest absolute Gasteiger partial charge is 0.494 e. The fraction of sp³-hybridized carbons (Fsp3) is 0.375. The molecule has 0 saturated heterocycles. The zero-order valence-corrected chi connectivity index (χ0v) is 7.08. The van der Waals surface area contributed by atoms with Crippen molar-refractivity contribution in [3.8, 4) is 5.75 Å². The van der Waals surface area contributed by atoms with Crippen LogP contribution in [0, 0.1) is 5.41 Å². The highest BCUT2D eigenvalue weighted by atomic mass is 16.5. The first-order chi connectivity index (χ1) is 5.77. The molecule has 3 N–H and O–H groups in total. The van der Waals surface area contributed by atoms with E-state index in [9.17, 15) is 0 Å². The molecule has 1 aromatic heterocycles. The van der Waals surface area contributed by atoms with Crippen molar-refractivity contribution in [2.24, 2.45) is 5.73 Å². The van der Waals surface area contributed by atoms with E-state index in [1.807, 2.05) is 6.92 Å². The molecular formula is C8H13N3O. The van der Waals surface area contributed by atoms with E-state index in [0.717, 1.165) is 0 Å². The van der Waals surface area contributed by atoms with Crippen LogP contribution in [0.25, 0.3) is 0 Å². The van der Waals surface area contributed by atoms with Crippen molar-refractivity contribution in [2.75, 3.05) is 6.61 Å². The van der Waals surface area contributed by atoms with E-state index in [4.69, 9.17) is 15.9 Å². The van der Waals surface area contributed by atoms with E-state index in [1.54, 1.807) is 22.9 Å². The topological polar surface area (TPSA) is 64.0 Å². The maximum Gasteiger partial charge on any atom is 0.129 e. The second-order valence-corrected chi connectivity index (χ2v) is 2.33. The Morgan fingerprint density at radius 2 is 2.42 bits per heavy atom. The molecule has 0 radical (unpaired) electrons. The Balaban J connectivity index is 2.94. The molecule has 0 aliphatic rings. The number of rotatable bonds is 3. The third-order valence-corrected chi connectivity index (χ3v) is 1.51. The van der Waals surface area contributed by atoms with Gasteiger partial charge in [0.2, 0.25) is 0 Å². The molecule has 0 unspecified atom stereocenters. The molecule has 0 amide bonds. The van der Waals surface area contributed by atoms with Crippen molar-refractivity contribution in [3.63, 3.8) is 0 Å². The summed E-state index contributed by atoms with van der Waals surface area (Å²) in [6.07, 6.45) is 1.74. The van der Waals surface area contributed by atoms with E-state index in [0.29, 0.717) is 24.5 Å². The molecule has 0 fully saturated rings. The summed E-state index contributed by atoms with van der Waals surface area (Å²) >= 11 is 0. The lowest BCUT2D eigenvalue weighted by Gasteiger charge is -2.05. The Labute approximate surface area is 71.1 Å². The summed E-state index contributed by atoms with van der Waals surface area (Å²) in [7, 11) is 0. The average Bonchev–Trinajstić information content (AvgIpc) is 2.05. The summed E-state index contributed by atoms with van der Waals surface area (Å²) < 4.78 is 6.84. The predicted octanol–water partition coefficient (Wildman–Crippen LogP) is 0.282. The molecule has 4 nitrogen and oxygen atoms in total. The zero-order valence-electron chi connectivity index (χ0n) is 7.08. The number of nitrogens with one attached hydrogen (secondary N) is 1. The summed E-state index contributed by atoms with van der Waals surface area (Å²) in [5, 5.41) is 7.49. The fourth-order valence-corrected chi connectivity index (χ4v) is 0.925. The number of nitrogens with zero attached hydrogens (tertiary/aromatic N) is 1. The van der Waals surface area contributed by atoms with Crippen molar-refractivity contribution < 1.29 is 4.74 Å². The van der Waals surface area contributed by atoms with E-state index in [2.05, 4.69) is 0 Å². The van der Waals surface area contributed by atoms with Gasteiger partial charge < -0.3 is 15.0 Å². The SMILES string of the molecule is CCOc1ccn(CN)c(=N)c1. The van der Waals surface area contributed by atoms with Gasteiger partial charge in [0.1, 0.15) is 11.2 Å². The van der Waals surface area contributed by atoms with E-state index in [1.165, 1.54) is 0 Å². The van der Waals surface area contributed by atoms with Crippen LogP contribution in [0.5, 0.6) is 5.75 Å². The third kappa shape index (κ3) is 1.85. The van der Waals surface area contributed by atoms with Crippen LogP contribution in [-0.2, 0) is 6.67 Å². The Morgan fingerprint density at radius 3 is 2.92 bits per heavy atom. The van der Waals surface area contributed by atoms with E-state index < -0.39 is 0 Å². The standard InChI is InChI=1S/C8H13N3O/c1-2-12-7-3-4-11(6-9)8(10)5-7/h3-5,10H,2,6,9H2,1H3. The average molecular weight is 167 g/mol. The quantitative estimate of drug-likeness (QED) is 0.679. The Morgan fingerprint density at radius 1 is 1.67 bits per heavy atom. The number of ether oxygens (including phenoxy) is 1. The van der Waals surface area contributed by atoms with E-state index >= 15 is 0 Å². The Kier molecular flexibility index (Phi) is 2.88. The van der Waals surface area contributed by atoms with Gasteiger partial charge in [0.25, 0.3) is 0 Å². The number of hydrogen-bond acceptors (Lipinski definition) is 3. The number of hydrogen-bond donors (Lipinski definition) is 2. The minimum atomic E-state index is 0.325. The maximum absolute atomic E-state index is 7.49. The summed E-state index contributed by atoms with van der Waals surface area (Å²) in [4.78, 5) is 0. The van der Waals surface area contributed by atoms with Gasteiger partial charge >= 0.3 is 0 Å². The van der Waals surface area contributed by atoms with Gasteiger partial charge in [-0.2, -0.15) is 0 Å². The van der Waals surface area contributed by atoms with Crippen molar-refractivity contribution in [2.45, 2.75) is 13.6 Å². The van der Waals surface area contributed by atoms with Crippen LogP contribution in [0.3, 0.4) is 0 Å². The summed E-state index contributed by atoms with van der Waals surface area (Å²) in [5.74, 6) is 0.715. The Bertz CT molecular complexity index is 305. The molecule has 1 aromatic rings. The van der Waals surface area contributed by atoms with Gasteiger partial charge in [0.05, 0.1) is 13.3 Å². The molecule has 12 heavy (non-hydrogen) atoms. The van der Waals surface area contributed by atoms with Crippen LogP contribution in [0.2, 0.25) is 0 Å². The highest BCUT2D eigenvalue weighted by molar-refractivity contribution is 5.17. The first kappa shape index (κ1) is 8.80. The van der Waals surface area contributed by atoms with Gasteiger partial charge in [-0.3, -0.25) is 5.41 Å². The maximum atomic E-state index is 7.49. The van der Waals surface area contributed by atoms with Gasteiger partial charge in [-0.25, -0.2) is 0 Å². The van der Waals surface area contributed by atoms with Gasteiger partial charge in [-0.1, -0.05) is 0 Å². The second-order valence-electron chi connectivity index (χ2n) is 2.33. The first-order valence-corrected chi connectivity index (χ1v) is 3.86. The number of pyridine rings is 1. The van der Waals surface area contributed by atoms with Crippen LogP contribution in [0.4, 0.5) is 0 Å². The molecule has 0 saturated carbocycles. The zero-order chi connectivity index (χ0) is 8.97. The molecular weight excluding hydrogens is 154 g/mol. The molecule has 1 heterocycles. The summed E-state index contributed by atoms with van der Waals surface area (Å²) in [6, 6.07) is 3.45. The van der Waals surface area contributed by atoms with Crippen molar-refractivity contribution in [3.05, 3.63) is 23.8 Å². The molecule has 0 aliphatic carbocycles. The van der Waals surface area contributed by atoms with Crippen LogP contribution in [0.1, 0.15) is 6.92 Å². The first-order valence-electron chi connectivity index (χ1n) is 3.86. The highest BCUT2D eigenvalue weighted by Crippen LogP contribution is 2.04. The molecule has 0 spiro atoms. The minimum Gasteiger partial charge on any atom is -0.494 e. The summed E-state index contributed by atoms with van der Waals surface area (Å²) in [5.41, 5.74) is 5.74. The monoisotopic (exact) mass is 167 g/mol. The smallest absolute Gasteiger partial charge is 0.129 e. The molecule has 0 bridgehead atoms. The number of nitrogens with two attached hydrogens (primary N) is 1. The molecule has 1 rings (SSSR count). The lowest BCUT2D eigenvalue weighted by molar-refractivity contribution is 0.338. The van der Waals surface area contributed by atoms with Gasteiger partial charge in [-0.05, 0) is 13.0 Å². The molecule has 4 heteroatoms. The van der Waals surface area contributed by atoms with Crippen molar-refractivity contribution >= 4 is 0 Å². The minimum absolute atomic E-state index is 0.325.